The molecule has 0 aromatic carbocycles. The van der Waals surface area contributed by atoms with Gasteiger partial charge in [-0.3, -0.25) is 5.10 Å². The van der Waals surface area contributed by atoms with Crippen LogP contribution in [0.2, 0.25) is 0 Å². The summed E-state index contributed by atoms with van der Waals surface area (Å²) >= 11 is 1.42. The maximum atomic E-state index is 5.62. The molecule has 2 aromatic rings. The van der Waals surface area contributed by atoms with Gasteiger partial charge in [0.2, 0.25) is 0 Å². The van der Waals surface area contributed by atoms with Crippen LogP contribution in [0.3, 0.4) is 0 Å². The summed E-state index contributed by atoms with van der Waals surface area (Å²) in [5, 5.41) is 7.64. The molecule has 0 aliphatic rings. The van der Waals surface area contributed by atoms with Crippen LogP contribution in [-0.2, 0) is 6.42 Å². The van der Waals surface area contributed by atoms with Crippen molar-refractivity contribution in [1.82, 2.24) is 20.2 Å². The van der Waals surface area contributed by atoms with Crippen molar-refractivity contribution in [3.05, 3.63) is 11.5 Å². The molecule has 2 aromatic heterocycles. The summed E-state index contributed by atoms with van der Waals surface area (Å²) in [6.07, 6.45) is 1.97. The average molecular weight is 223 g/mol. The molecule has 0 amide bonds. The van der Waals surface area contributed by atoms with Crippen LogP contribution in [0.25, 0.3) is 10.7 Å². The van der Waals surface area contributed by atoms with Gasteiger partial charge in [-0.05, 0) is 13.3 Å². The van der Waals surface area contributed by atoms with Crippen molar-refractivity contribution in [3.63, 3.8) is 0 Å². The zero-order valence-electron chi connectivity index (χ0n) is 8.74. The fourth-order valence-electron chi connectivity index (χ4n) is 1.37. The Kier molecular flexibility index (Phi) is 2.68. The second-order valence-corrected chi connectivity index (χ2v) is 4.35. The van der Waals surface area contributed by atoms with Crippen molar-refractivity contribution in [2.75, 3.05) is 5.73 Å². The van der Waals surface area contributed by atoms with E-state index in [4.69, 9.17) is 5.73 Å². The summed E-state index contributed by atoms with van der Waals surface area (Å²) in [5.41, 5.74) is 6.51. The zero-order valence-corrected chi connectivity index (χ0v) is 9.56. The lowest BCUT2D eigenvalue weighted by atomic mass is 10.3. The number of rotatable bonds is 3. The van der Waals surface area contributed by atoms with E-state index in [9.17, 15) is 0 Å². The zero-order chi connectivity index (χ0) is 10.8. The molecule has 0 atom stereocenters. The molecule has 5 nitrogen and oxygen atoms in total. The lowest BCUT2D eigenvalue weighted by Gasteiger charge is -1.88. The van der Waals surface area contributed by atoms with E-state index in [1.54, 1.807) is 0 Å². The second-order valence-electron chi connectivity index (χ2n) is 3.32. The number of nitrogens with one attached hydrogen (secondary N) is 1. The molecule has 2 rings (SSSR count). The smallest absolute Gasteiger partial charge is 0.193 e. The summed E-state index contributed by atoms with van der Waals surface area (Å²) in [7, 11) is 0. The number of hydrogen-bond acceptors (Lipinski definition) is 5. The molecule has 0 unspecified atom stereocenters. The normalized spacial score (nSPS) is 10.8. The van der Waals surface area contributed by atoms with Crippen LogP contribution in [-0.4, -0.2) is 20.2 Å². The second kappa shape index (κ2) is 3.98. The number of H-pyrrole nitrogens is 1. The van der Waals surface area contributed by atoms with Gasteiger partial charge in [0.05, 0.1) is 10.6 Å². The summed E-state index contributed by atoms with van der Waals surface area (Å²) in [6, 6.07) is 0. The van der Waals surface area contributed by atoms with Gasteiger partial charge >= 0.3 is 0 Å². The van der Waals surface area contributed by atoms with E-state index in [1.165, 1.54) is 11.3 Å². The van der Waals surface area contributed by atoms with E-state index in [0.29, 0.717) is 11.0 Å². The number of nitrogen functional groups attached to an aromatic ring is 1. The van der Waals surface area contributed by atoms with Gasteiger partial charge in [-0.1, -0.05) is 18.3 Å². The minimum absolute atomic E-state index is 0.560. The highest BCUT2D eigenvalue weighted by molar-refractivity contribution is 7.18. The van der Waals surface area contributed by atoms with Gasteiger partial charge < -0.3 is 5.73 Å². The Morgan fingerprint density at radius 3 is 2.80 bits per heavy atom. The van der Waals surface area contributed by atoms with Crippen molar-refractivity contribution >= 4 is 16.5 Å². The van der Waals surface area contributed by atoms with Crippen LogP contribution in [0.4, 0.5) is 5.13 Å². The SMILES string of the molecule is CCCc1nc(-c2sc(N)nc2C)n[nH]1. The molecule has 0 aliphatic carbocycles. The summed E-state index contributed by atoms with van der Waals surface area (Å²) in [4.78, 5) is 9.49. The van der Waals surface area contributed by atoms with Crippen molar-refractivity contribution in [3.8, 4) is 10.7 Å². The van der Waals surface area contributed by atoms with E-state index < -0.39 is 0 Å². The Bertz CT molecular complexity index is 459. The third-order valence-corrected chi connectivity index (χ3v) is 3.02. The summed E-state index contributed by atoms with van der Waals surface area (Å²) < 4.78 is 0. The third kappa shape index (κ3) is 1.99. The molecule has 0 fully saturated rings. The molecule has 3 N–H and O–H groups in total. The van der Waals surface area contributed by atoms with Crippen LogP contribution < -0.4 is 5.73 Å². The number of anilines is 1. The van der Waals surface area contributed by atoms with Gasteiger partial charge in [0.15, 0.2) is 11.0 Å². The maximum Gasteiger partial charge on any atom is 0.193 e. The number of hydrogen-bond donors (Lipinski definition) is 2. The predicted molar refractivity (Wildman–Crippen MR) is 60.6 cm³/mol. The number of aromatic nitrogens is 4. The van der Waals surface area contributed by atoms with Gasteiger partial charge in [-0.2, -0.15) is 5.10 Å². The fraction of sp³-hybridized carbons (Fsp3) is 0.444. The van der Waals surface area contributed by atoms with Crippen molar-refractivity contribution in [1.29, 1.82) is 0 Å². The van der Waals surface area contributed by atoms with E-state index in [2.05, 4.69) is 27.1 Å². The number of aromatic amines is 1. The van der Waals surface area contributed by atoms with Gasteiger partial charge in [0, 0.05) is 6.42 Å². The molecule has 0 radical (unpaired) electrons. The number of nitrogens with two attached hydrogens (primary N) is 1. The predicted octanol–water partition coefficient (Wildman–Crippen LogP) is 1.77. The molecule has 6 heteroatoms. The molecular formula is C9H13N5S. The molecule has 2 heterocycles. The lowest BCUT2D eigenvalue weighted by molar-refractivity contribution is 0.841. The first-order chi connectivity index (χ1) is 7.20. The first-order valence-electron chi connectivity index (χ1n) is 4.85. The minimum Gasteiger partial charge on any atom is -0.375 e. The van der Waals surface area contributed by atoms with Gasteiger partial charge in [-0.25, -0.2) is 9.97 Å². The maximum absolute atomic E-state index is 5.62. The molecule has 0 bridgehead atoms. The Hall–Kier alpha value is -1.43. The topological polar surface area (TPSA) is 80.5 Å². The Labute approximate surface area is 91.8 Å². The van der Waals surface area contributed by atoms with Crippen LogP contribution in [0.5, 0.6) is 0 Å². The van der Waals surface area contributed by atoms with Crippen molar-refractivity contribution in [2.24, 2.45) is 0 Å². The third-order valence-electron chi connectivity index (χ3n) is 2.03. The molecule has 80 valence electrons. The molecular weight excluding hydrogens is 210 g/mol. The molecule has 0 saturated carbocycles. The molecule has 0 aliphatic heterocycles. The lowest BCUT2D eigenvalue weighted by Crippen LogP contribution is -1.85. The van der Waals surface area contributed by atoms with Crippen LogP contribution in [0.15, 0.2) is 0 Å². The van der Waals surface area contributed by atoms with Gasteiger partial charge in [-0.15, -0.1) is 0 Å². The first kappa shape index (κ1) is 10.1. The largest absolute Gasteiger partial charge is 0.375 e. The van der Waals surface area contributed by atoms with Gasteiger partial charge in [0.1, 0.15) is 5.82 Å². The highest BCUT2D eigenvalue weighted by atomic mass is 32.1. The van der Waals surface area contributed by atoms with E-state index in [-0.39, 0.29) is 0 Å². The van der Waals surface area contributed by atoms with Crippen LogP contribution >= 0.6 is 11.3 Å². The Morgan fingerprint density at radius 2 is 2.20 bits per heavy atom. The van der Waals surface area contributed by atoms with Gasteiger partial charge in [0.25, 0.3) is 0 Å². The average Bonchev–Trinajstić information content (AvgIpc) is 2.73. The Balaban J connectivity index is 2.32. The van der Waals surface area contributed by atoms with E-state index >= 15 is 0 Å². The van der Waals surface area contributed by atoms with E-state index in [1.807, 2.05) is 6.92 Å². The quantitative estimate of drug-likeness (QED) is 0.831. The number of aryl methyl sites for hydroxylation is 2. The fourth-order valence-corrected chi connectivity index (χ4v) is 2.14. The highest BCUT2D eigenvalue weighted by Crippen LogP contribution is 2.28. The highest BCUT2D eigenvalue weighted by Gasteiger charge is 2.12. The molecule has 0 spiro atoms. The standard InChI is InChI=1S/C9H13N5S/c1-3-4-6-12-8(14-13-6)7-5(2)11-9(10)15-7/h3-4H2,1-2H3,(H2,10,11)(H,12,13,14). The Morgan fingerprint density at radius 1 is 1.40 bits per heavy atom. The van der Waals surface area contributed by atoms with E-state index in [0.717, 1.165) is 29.2 Å². The number of thiazole rings is 1. The molecule has 15 heavy (non-hydrogen) atoms. The van der Waals surface area contributed by atoms with Crippen molar-refractivity contribution in [2.45, 2.75) is 26.7 Å². The summed E-state index contributed by atoms with van der Waals surface area (Å²) in [5.74, 6) is 1.61. The summed E-state index contributed by atoms with van der Waals surface area (Å²) in [6.45, 7) is 4.02. The number of nitrogens with zero attached hydrogens (tertiary/aromatic N) is 3. The monoisotopic (exact) mass is 223 g/mol. The van der Waals surface area contributed by atoms with Crippen molar-refractivity contribution < 1.29 is 0 Å². The first-order valence-corrected chi connectivity index (χ1v) is 5.67. The molecule has 0 saturated heterocycles. The minimum atomic E-state index is 0.560. The van der Waals surface area contributed by atoms with Crippen LogP contribution in [0.1, 0.15) is 24.9 Å². The van der Waals surface area contributed by atoms with Crippen LogP contribution in [0, 0.1) is 6.92 Å².